The first-order valence-electron chi connectivity index (χ1n) is 7.34. The van der Waals surface area contributed by atoms with E-state index in [1.807, 2.05) is 19.1 Å². The standard InChI is InChI=1S/C15H24N2O3S/c1-4-20-14-9-13(16)15(14)17-21(18,19)12-7-5-11(6-8-12)10(2)3/h5-8,10,13-15,17H,4,9,16H2,1-3H3. The quantitative estimate of drug-likeness (QED) is 0.836. The Morgan fingerprint density at radius 1 is 1.33 bits per heavy atom. The Labute approximate surface area is 126 Å². The van der Waals surface area contributed by atoms with Crippen LogP contribution in [0.1, 0.15) is 38.7 Å². The fourth-order valence-corrected chi connectivity index (χ4v) is 3.78. The van der Waals surface area contributed by atoms with Gasteiger partial charge in [0, 0.05) is 12.6 Å². The van der Waals surface area contributed by atoms with Gasteiger partial charge < -0.3 is 10.5 Å². The zero-order valence-corrected chi connectivity index (χ0v) is 13.6. The second-order valence-electron chi connectivity index (χ2n) is 5.76. The maximum Gasteiger partial charge on any atom is 0.240 e. The molecule has 0 spiro atoms. The molecule has 1 aromatic rings. The predicted octanol–water partition coefficient (Wildman–Crippen LogP) is 1.59. The lowest BCUT2D eigenvalue weighted by molar-refractivity contribution is -0.0248. The molecule has 1 aromatic carbocycles. The minimum absolute atomic E-state index is 0.130. The average Bonchev–Trinajstić information content (AvgIpc) is 2.45. The first-order chi connectivity index (χ1) is 9.85. The minimum Gasteiger partial charge on any atom is -0.377 e. The van der Waals surface area contributed by atoms with Gasteiger partial charge in [-0.1, -0.05) is 26.0 Å². The number of hydrogen-bond donors (Lipinski definition) is 2. The summed E-state index contributed by atoms with van der Waals surface area (Å²) in [7, 11) is -3.56. The summed E-state index contributed by atoms with van der Waals surface area (Å²) < 4.78 is 32.9. The Morgan fingerprint density at radius 3 is 2.43 bits per heavy atom. The van der Waals surface area contributed by atoms with Crippen LogP contribution < -0.4 is 10.5 Å². The number of rotatable bonds is 6. The predicted molar refractivity (Wildman–Crippen MR) is 82.6 cm³/mol. The van der Waals surface area contributed by atoms with E-state index in [2.05, 4.69) is 18.6 Å². The summed E-state index contributed by atoms with van der Waals surface area (Å²) in [5.74, 6) is 0.372. The summed E-state index contributed by atoms with van der Waals surface area (Å²) in [6, 6.07) is 6.43. The van der Waals surface area contributed by atoms with Crippen LogP contribution in [0.3, 0.4) is 0 Å². The molecule has 0 bridgehead atoms. The summed E-state index contributed by atoms with van der Waals surface area (Å²) in [6.45, 7) is 6.59. The first-order valence-corrected chi connectivity index (χ1v) is 8.83. The molecule has 3 N–H and O–H groups in total. The van der Waals surface area contributed by atoms with Crippen molar-refractivity contribution in [3.05, 3.63) is 29.8 Å². The van der Waals surface area contributed by atoms with Crippen LogP contribution in [-0.4, -0.2) is 33.2 Å². The zero-order chi connectivity index (χ0) is 15.6. The second-order valence-corrected chi connectivity index (χ2v) is 7.48. The van der Waals surface area contributed by atoms with Gasteiger partial charge in [0.25, 0.3) is 0 Å². The fraction of sp³-hybridized carbons (Fsp3) is 0.600. The molecule has 118 valence electrons. The highest BCUT2D eigenvalue weighted by Gasteiger charge is 2.41. The van der Waals surface area contributed by atoms with E-state index in [1.165, 1.54) is 0 Å². The van der Waals surface area contributed by atoms with Gasteiger partial charge in [0.2, 0.25) is 10.0 Å². The molecule has 5 nitrogen and oxygen atoms in total. The van der Waals surface area contributed by atoms with Crippen molar-refractivity contribution in [2.75, 3.05) is 6.61 Å². The second kappa shape index (κ2) is 6.44. The molecule has 3 unspecified atom stereocenters. The van der Waals surface area contributed by atoms with Crippen LogP contribution >= 0.6 is 0 Å². The van der Waals surface area contributed by atoms with Crippen molar-refractivity contribution in [1.82, 2.24) is 4.72 Å². The lowest BCUT2D eigenvalue weighted by atomic mass is 9.84. The number of hydrogen-bond acceptors (Lipinski definition) is 4. The molecule has 1 aliphatic rings. The van der Waals surface area contributed by atoms with Crippen molar-refractivity contribution in [1.29, 1.82) is 0 Å². The highest BCUT2D eigenvalue weighted by atomic mass is 32.2. The molecule has 0 amide bonds. The zero-order valence-electron chi connectivity index (χ0n) is 12.7. The van der Waals surface area contributed by atoms with Crippen LogP contribution in [0.15, 0.2) is 29.2 Å². The molecule has 0 aromatic heterocycles. The summed E-state index contributed by atoms with van der Waals surface area (Å²) in [6.07, 6.45) is 0.558. The normalized spacial score (nSPS) is 25.9. The van der Waals surface area contributed by atoms with Gasteiger partial charge in [-0.25, -0.2) is 13.1 Å². The van der Waals surface area contributed by atoms with Gasteiger partial charge in [-0.3, -0.25) is 0 Å². The van der Waals surface area contributed by atoms with Gasteiger partial charge in [0.1, 0.15) is 0 Å². The van der Waals surface area contributed by atoms with E-state index < -0.39 is 10.0 Å². The Bertz CT molecular complexity index is 567. The number of nitrogens with one attached hydrogen (secondary N) is 1. The number of ether oxygens (including phenoxy) is 1. The molecule has 1 aliphatic carbocycles. The molecular formula is C15H24N2O3S. The molecule has 0 saturated heterocycles. The third-order valence-electron chi connectivity index (χ3n) is 3.90. The van der Waals surface area contributed by atoms with Crippen molar-refractivity contribution in [3.63, 3.8) is 0 Å². The Morgan fingerprint density at radius 2 is 1.95 bits per heavy atom. The molecule has 3 atom stereocenters. The topological polar surface area (TPSA) is 81.4 Å². The van der Waals surface area contributed by atoms with Crippen LogP contribution in [0.25, 0.3) is 0 Å². The number of sulfonamides is 1. The van der Waals surface area contributed by atoms with E-state index in [0.29, 0.717) is 18.9 Å². The summed E-state index contributed by atoms with van der Waals surface area (Å²) in [5.41, 5.74) is 7.00. The van der Waals surface area contributed by atoms with Gasteiger partial charge in [0.05, 0.1) is 17.0 Å². The van der Waals surface area contributed by atoms with Gasteiger partial charge >= 0.3 is 0 Å². The SMILES string of the molecule is CCOC1CC(N)C1NS(=O)(=O)c1ccc(C(C)C)cc1. The lowest BCUT2D eigenvalue weighted by Gasteiger charge is -2.42. The minimum atomic E-state index is -3.56. The molecule has 1 fully saturated rings. The van der Waals surface area contributed by atoms with Crippen LogP contribution in [0, 0.1) is 0 Å². The maximum atomic E-state index is 12.4. The summed E-state index contributed by atoms with van der Waals surface area (Å²) >= 11 is 0. The highest BCUT2D eigenvalue weighted by molar-refractivity contribution is 7.89. The van der Waals surface area contributed by atoms with Crippen molar-refractivity contribution >= 4 is 10.0 Å². The summed E-state index contributed by atoms with van der Waals surface area (Å²) in [4.78, 5) is 0.265. The van der Waals surface area contributed by atoms with Gasteiger partial charge in [-0.15, -0.1) is 0 Å². The Balaban J connectivity index is 2.11. The molecule has 2 rings (SSSR count). The molecule has 0 aliphatic heterocycles. The maximum absolute atomic E-state index is 12.4. The van der Waals surface area contributed by atoms with Gasteiger partial charge in [-0.05, 0) is 37.0 Å². The fourth-order valence-electron chi connectivity index (χ4n) is 2.47. The van der Waals surface area contributed by atoms with Crippen LogP contribution in [-0.2, 0) is 14.8 Å². The first kappa shape index (κ1) is 16.4. The van der Waals surface area contributed by atoms with Crippen molar-refractivity contribution < 1.29 is 13.2 Å². The van der Waals surface area contributed by atoms with E-state index in [4.69, 9.17) is 10.5 Å². The molecule has 0 radical (unpaired) electrons. The number of benzene rings is 1. The molecule has 0 heterocycles. The molecular weight excluding hydrogens is 288 g/mol. The summed E-state index contributed by atoms with van der Waals surface area (Å²) in [5, 5.41) is 0. The van der Waals surface area contributed by atoms with E-state index >= 15 is 0 Å². The van der Waals surface area contributed by atoms with Crippen LogP contribution in [0.2, 0.25) is 0 Å². The average molecular weight is 312 g/mol. The Kier molecular flexibility index (Phi) is 5.03. The van der Waals surface area contributed by atoms with Gasteiger partial charge in [0.15, 0.2) is 0 Å². The van der Waals surface area contributed by atoms with Crippen molar-refractivity contribution in [2.45, 2.75) is 56.2 Å². The molecule has 1 saturated carbocycles. The van der Waals surface area contributed by atoms with Crippen molar-refractivity contribution in [2.24, 2.45) is 5.73 Å². The third-order valence-corrected chi connectivity index (χ3v) is 5.37. The van der Waals surface area contributed by atoms with E-state index in [1.54, 1.807) is 12.1 Å². The van der Waals surface area contributed by atoms with Crippen LogP contribution in [0.5, 0.6) is 0 Å². The van der Waals surface area contributed by atoms with E-state index in [0.717, 1.165) is 5.56 Å². The lowest BCUT2D eigenvalue weighted by Crippen LogP contribution is -2.64. The van der Waals surface area contributed by atoms with Gasteiger partial charge in [-0.2, -0.15) is 0 Å². The number of nitrogens with two attached hydrogens (primary N) is 1. The van der Waals surface area contributed by atoms with Crippen molar-refractivity contribution in [3.8, 4) is 0 Å². The Hall–Kier alpha value is -0.950. The van der Waals surface area contributed by atoms with Crippen LogP contribution in [0.4, 0.5) is 0 Å². The smallest absolute Gasteiger partial charge is 0.240 e. The van der Waals surface area contributed by atoms with E-state index in [-0.39, 0.29) is 23.1 Å². The van der Waals surface area contributed by atoms with E-state index in [9.17, 15) is 8.42 Å². The highest BCUT2D eigenvalue weighted by Crippen LogP contribution is 2.25. The molecule has 6 heteroatoms. The monoisotopic (exact) mass is 312 g/mol. The molecule has 21 heavy (non-hydrogen) atoms. The third kappa shape index (κ3) is 3.63. The largest absolute Gasteiger partial charge is 0.377 e.